The van der Waals surface area contributed by atoms with Crippen LogP contribution in [0.5, 0.6) is 0 Å². The Morgan fingerprint density at radius 2 is 2.29 bits per heavy atom. The average molecular weight is 326 g/mol. The van der Waals surface area contributed by atoms with Crippen molar-refractivity contribution in [2.75, 3.05) is 17.6 Å². The molecule has 0 atom stereocenters. The first-order valence-electron chi connectivity index (χ1n) is 2.16. The van der Waals surface area contributed by atoms with E-state index in [1.165, 1.54) is 11.1 Å². The molecule has 1 fully saturated rings. The molecule has 7 heavy (non-hydrogen) atoms. The van der Waals surface area contributed by atoms with Gasteiger partial charge in [0.25, 0.3) is 0 Å². The molecule has 4 heteroatoms. The zero-order valence-corrected chi connectivity index (χ0v) is 8.19. The van der Waals surface area contributed by atoms with Crippen molar-refractivity contribution in [1.29, 1.82) is 0 Å². The normalized spacial score (nSPS) is 27.9. The van der Waals surface area contributed by atoms with Gasteiger partial charge >= 0.3 is 61.2 Å². The Balaban J connectivity index is 2.12. The minimum absolute atomic E-state index is 0.630. The second-order valence-corrected chi connectivity index (χ2v) is 11.2. The van der Waals surface area contributed by atoms with E-state index in [-0.39, 0.29) is 0 Å². The molecule has 1 saturated heterocycles. The molecule has 0 radical (unpaired) electrons. The number of hydrogen-bond acceptors (Lipinski definition) is 2. The van der Waals surface area contributed by atoms with E-state index in [0.717, 1.165) is 6.54 Å². The molecule has 0 saturated carbocycles. The van der Waals surface area contributed by atoms with Crippen LogP contribution in [0.25, 0.3) is 0 Å². The van der Waals surface area contributed by atoms with Crippen LogP contribution >= 0.6 is 34.7 Å². The number of nitrogens with one attached hydrogen (secondary N) is 2. The Hall–Kier alpha value is 1.38. The van der Waals surface area contributed by atoms with Gasteiger partial charge in [0.2, 0.25) is 0 Å². The fourth-order valence-electron chi connectivity index (χ4n) is 0.435. The summed E-state index contributed by atoms with van der Waals surface area (Å²) in [6.07, 6.45) is 0. The Morgan fingerprint density at radius 1 is 1.43 bits per heavy atom. The molecule has 44 valence electrons. The standard InChI is InChI=1S/C3H8I2N2/c4-5-3-6-1-2-7-5/h6-7H,1-3H2. The monoisotopic (exact) mass is 326 g/mol. The van der Waals surface area contributed by atoms with Crippen molar-refractivity contribution in [1.82, 2.24) is 8.85 Å². The summed E-state index contributed by atoms with van der Waals surface area (Å²) in [7, 11) is 0. The van der Waals surface area contributed by atoms with Gasteiger partial charge in [0.05, 0.1) is 0 Å². The van der Waals surface area contributed by atoms with Gasteiger partial charge in [0, 0.05) is 0 Å². The van der Waals surface area contributed by atoms with E-state index in [1.807, 2.05) is 0 Å². The summed E-state index contributed by atoms with van der Waals surface area (Å²) < 4.78 is 4.73. The molecule has 0 aromatic heterocycles. The minimum atomic E-state index is -0.630. The van der Waals surface area contributed by atoms with Crippen molar-refractivity contribution < 1.29 is 0 Å². The van der Waals surface area contributed by atoms with Crippen LogP contribution in [0, 0.1) is 0 Å². The van der Waals surface area contributed by atoms with Crippen LogP contribution in [0.1, 0.15) is 0 Å². The van der Waals surface area contributed by atoms with Crippen LogP contribution in [0.3, 0.4) is 0 Å². The van der Waals surface area contributed by atoms with Gasteiger partial charge in [-0.15, -0.1) is 0 Å². The van der Waals surface area contributed by atoms with Gasteiger partial charge in [-0.3, -0.25) is 0 Å². The summed E-state index contributed by atoms with van der Waals surface area (Å²) in [5, 5.41) is 3.33. The Labute approximate surface area is 60.7 Å². The van der Waals surface area contributed by atoms with E-state index in [4.69, 9.17) is 0 Å². The molecule has 2 nitrogen and oxygen atoms in total. The Kier molecular flexibility index (Phi) is 3.17. The molecule has 1 aliphatic heterocycles. The Morgan fingerprint density at radius 3 is 2.57 bits per heavy atom. The first-order valence-corrected chi connectivity index (χ1v) is 11.0. The van der Waals surface area contributed by atoms with E-state index in [2.05, 4.69) is 27.5 Å². The van der Waals surface area contributed by atoms with Gasteiger partial charge in [0.15, 0.2) is 0 Å². The van der Waals surface area contributed by atoms with Gasteiger partial charge in [-0.2, -0.15) is 0 Å². The van der Waals surface area contributed by atoms with Crippen LogP contribution in [0.4, 0.5) is 0 Å². The van der Waals surface area contributed by atoms with Gasteiger partial charge < -0.3 is 0 Å². The topological polar surface area (TPSA) is 24.1 Å². The van der Waals surface area contributed by atoms with Crippen molar-refractivity contribution in [3.8, 4) is 0 Å². The third-order valence-corrected chi connectivity index (χ3v) is 7.20. The molecule has 0 aromatic carbocycles. The molecule has 0 bridgehead atoms. The number of halogens is 2. The molecule has 0 unspecified atom stereocenters. The molecular weight excluding hydrogens is 318 g/mol. The van der Waals surface area contributed by atoms with E-state index in [9.17, 15) is 0 Å². The van der Waals surface area contributed by atoms with E-state index < -0.39 is 16.1 Å². The summed E-state index contributed by atoms with van der Waals surface area (Å²) in [5.41, 5.74) is 0. The van der Waals surface area contributed by atoms with E-state index in [1.54, 1.807) is 0 Å². The van der Waals surface area contributed by atoms with Crippen molar-refractivity contribution in [3.63, 3.8) is 0 Å². The summed E-state index contributed by atoms with van der Waals surface area (Å²) in [4.78, 5) is 0. The molecule has 2 N–H and O–H groups in total. The summed E-state index contributed by atoms with van der Waals surface area (Å²) in [6.45, 7) is 2.35. The summed E-state index contributed by atoms with van der Waals surface area (Å²) >= 11 is 1.91. The van der Waals surface area contributed by atoms with Crippen molar-refractivity contribution >= 4 is 34.7 Å². The maximum absolute atomic E-state index is 3.46. The zero-order valence-electron chi connectivity index (χ0n) is 3.88. The average Bonchev–Trinajstić information content (AvgIpc) is 1.69. The van der Waals surface area contributed by atoms with Crippen LogP contribution < -0.4 is 8.85 Å². The maximum atomic E-state index is 3.46. The second-order valence-electron chi connectivity index (χ2n) is 1.32. The SMILES string of the molecule is II1CNCCN1. The van der Waals surface area contributed by atoms with E-state index >= 15 is 0 Å². The quantitative estimate of drug-likeness (QED) is 0.299. The third kappa shape index (κ3) is 2.43. The first-order chi connectivity index (χ1) is 3.39. The van der Waals surface area contributed by atoms with Gasteiger partial charge in [-0.05, 0) is 0 Å². The second kappa shape index (κ2) is 3.41. The number of rotatable bonds is 0. The molecule has 0 aromatic rings. The third-order valence-electron chi connectivity index (χ3n) is 0.753. The van der Waals surface area contributed by atoms with Crippen LogP contribution in [0.15, 0.2) is 0 Å². The van der Waals surface area contributed by atoms with Gasteiger partial charge in [-0.1, -0.05) is 0 Å². The molecule has 1 heterocycles. The first kappa shape index (κ1) is 6.50. The fourth-order valence-corrected chi connectivity index (χ4v) is 5.15. The van der Waals surface area contributed by atoms with Gasteiger partial charge in [-0.25, -0.2) is 0 Å². The molecular formula is C3H8I2N2. The molecule has 0 amide bonds. The summed E-state index contributed by atoms with van der Waals surface area (Å²) in [5.74, 6) is 0. The van der Waals surface area contributed by atoms with Crippen molar-refractivity contribution in [3.05, 3.63) is 0 Å². The molecule has 1 aliphatic rings. The van der Waals surface area contributed by atoms with Crippen LogP contribution in [0.2, 0.25) is 0 Å². The number of alkyl halides is 1. The van der Waals surface area contributed by atoms with Crippen LogP contribution in [-0.2, 0) is 0 Å². The fraction of sp³-hybridized carbons (Fsp3) is 1.00. The predicted molar refractivity (Wildman–Crippen MR) is 48.9 cm³/mol. The van der Waals surface area contributed by atoms with E-state index in [0.29, 0.717) is 0 Å². The Bertz CT molecular complexity index is 52.9. The molecule has 0 aliphatic carbocycles. The molecule has 1 rings (SSSR count). The van der Waals surface area contributed by atoms with Crippen molar-refractivity contribution in [2.24, 2.45) is 0 Å². The van der Waals surface area contributed by atoms with Crippen molar-refractivity contribution in [2.45, 2.75) is 0 Å². The number of hydrogen-bond donors (Lipinski definition) is 2. The predicted octanol–water partition coefficient (Wildman–Crippen LogP) is 0.908. The molecule has 0 spiro atoms. The zero-order chi connectivity index (χ0) is 5.11. The van der Waals surface area contributed by atoms with Crippen LogP contribution in [-0.4, -0.2) is 17.6 Å². The van der Waals surface area contributed by atoms with Gasteiger partial charge in [0.1, 0.15) is 0 Å². The summed E-state index contributed by atoms with van der Waals surface area (Å²) in [6, 6.07) is 0.